The van der Waals surface area contributed by atoms with Crippen LogP contribution in [0.15, 0.2) is 10.1 Å². The van der Waals surface area contributed by atoms with Crippen LogP contribution >= 0.6 is 11.3 Å². The zero-order valence-electron chi connectivity index (χ0n) is 10.3. The van der Waals surface area contributed by atoms with Crippen LogP contribution in [0.4, 0.5) is 0 Å². The molecule has 0 aliphatic rings. The van der Waals surface area contributed by atoms with E-state index in [1.165, 1.54) is 0 Å². The van der Waals surface area contributed by atoms with E-state index in [-0.39, 0.29) is 5.91 Å². The Labute approximate surface area is 108 Å². The minimum atomic E-state index is -0.00907. The van der Waals surface area contributed by atoms with Gasteiger partial charge in [0.25, 0.3) is 0 Å². The number of carbonyl (C=O) groups excluding carboxylic acids is 1. The molecular formula is C11H14N4O2S. The molecule has 0 aliphatic carbocycles. The van der Waals surface area contributed by atoms with Gasteiger partial charge >= 0.3 is 0 Å². The molecule has 2 aromatic heterocycles. The molecule has 96 valence electrons. The molecule has 0 radical (unpaired) electrons. The molecule has 1 amide bonds. The van der Waals surface area contributed by atoms with Crippen molar-refractivity contribution in [3.63, 3.8) is 0 Å². The SMILES string of the molecule is Cc1nonc1CNC(=O)CCc1scnc1C. The Balaban J connectivity index is 1.76. The smallest absolute Gasteiger partial charge is 0.220 e. The van der Waals surface area contributed by atoms with E-state index in [0.717, 1.165) is 17.0 Å². The Kier molecular flexibility index (Phi) is 4.03. The van der Waals surface area contributed by atoms with Gasteiger partial charge in [0.2, 0.25) is 5.91 Å². The maximum atomic E-state index is 11.7. The molecule has 0 aromatic carbocycles. The van der Waals surface area contributed by atoms with E-state index < -0.39 is 0 Å². The summed E-state index contributed by atoms with van der Waals surface area (Å²) in [5.41, 5.74) is 4.17. The van der Waals surface area contributed by atoms with Gasteiger partial charge < -0.3 is 5.32 Å². The van der Waals surface area contributed by atoms with Crippen molar-refractivity contribution in [3.05, 3.63) is 27.5 Å². The maximum Gasteiger partial charge on any atom is 0.220 e. The fraction of sp³-hybridized carbons (Fsp3) is 0.455. The lowest BCUT2D eigenvalue weighted by atomic mass is 10.2. The van der Waals surface area contributed by atoms with Gasteiger partial charge in [-0.05, 0) is 20.3 Å². The highest BCUT2D eigenvalue weighted by atomic mass is 32.1. The molecule has 0 atom stereocenters. The van der Waals surface area contributed by atoms with Crippen molar-refractivity contribution >= 4 is 17.2 Å². The Morgan fingerprint density at radius 1 is 1.39 bits per heavy atom. The first-order valence-electron chi connectivity index (χ1n) is 5.60. The normalized spacial score (nSPS) is 10.6. The number of hydrogen-bond acceptors (Lipinski definition) is 6. The molecule has 0 fully saturated rings. The summed E-state index contributed by atoms with van der Waals surface area (Å²) in [6.45, 7) is 4.10. The van der Waals surface area contributed by atoms with Crippen molar-refractivity contribution in [1.82, 2.24) is 20.6 Å². The average Bonchev–Trinajstić information content (AvgIpc) is 2.93. The quantitative estimate of drug-likeness (QED) is 0.884. The maximum absolute atomic E-state index is 11.7. The summed E-state index contributed by atoms with van der Waals surface area (Å²) >= 11 is 1.58. The summed E-state index contributed by atoms with van der Waals surface area (Å²) in [5, 5.41) is 10.1. The number of hydrogen-bond donors (Lipinski definition) is 1. The van der Waals surface area contributed by atoms with Crippen LogP contribution in [0.2, 0.25) is 0 Å². The minimum Gasteiger partial charge on any atom is -0.350 e. The lowest BCUT2D eigenvalue weighted by Gasteiger charge is -2.02. The number of nitrogens with one attached hydrogen (secondary N) is 1. The molecule has 1 N–H and O–H groups in total. The number of rotatable bonds is 5. The lowest BCUT2D eigenvalue weighted by Crippen LogP contribution is -2.23. The summed E-state index contributed by atoms with van der Waals surface area (Å²) in [4.78, 5) is 17.0. The predicted octanol–water partition coefficient (Wildman–Crippen LogP) is 1.39. The van der Waals surface area contributed by atoms with Crippen LogP contribution in [-0.2, 0) is 17.8 Å². The second-order valence-electron chi connectivity index (χ2n) is 3.93. The minimum absolute atomic E-state index is 0.00907. The van der Waals surface area contributed by atoms with E-state index in [9.17, 15) is 4.79 Å². The van der Waals surface area contributed by atoms with Gasteiger partial charge in [-0.3, -0.25) is 4.79 Å². The van der Waals surface area contributed by atoms with Gasteiger partial charge in [0.05, 0.1) is 17.7 Å². The first-order chi connectivity index (χ1) is 8.66. The van der Waals surface area contributed by atoms with Crippen LogP contribution in [0.1, 0.15) is 28.4 Å². The van der Waals surface area contributed by atoms with Crippen molar-refractivity contribution < 1.29 is 9.42 Å². The number of aromatic nitrogens is 3. The summed E-state index contributed by atoms with van der Waals surface area (Å²) in [6, 6.07) is 0. The predicted molar refractivity (Wildman–Crippen MR) is 66.1 cm³/mol. The van der Waals surface area contributed by atoms with Crippen molar-refractivity contribution in [1.29, 1.82) is 0 Å². The molecule has 0 spiro atoms. The van der Waals surface area contributed by atoms with Gasteiger partial charge in [-0.1, -0.05) is 10.3 Å². The molecule has 0 bridgehead atoms. The third-order valence-corrected chi connectivity index (χ3v) is 3.62. The number of nitrogens with zero attached hydrogens (tertiary/aromatic N) is 3. The van der Waals surface area contributed by atoms with E-state index in [4.69, 9.17) is 0 Å². The Hall–Kier alpha value is -1.76. The zero-order valence-corrected chi connectivity index (χ0v) is 11.1. The highest BCUT2D eigenvalue weighted by molar-refractivity contribution is 7.09. The molecule has 18 heavy (non-hydrogen) atoms. The fourth-order valence-electron chi connectivity index (χ4n) is 1.47. The number of thiazole rings is 1. The topological polar surface area (TPSA) is 80.9 Å². The van der Waals surface area contributed by atoms with Crippen molar-refractivity contribution in [2.45, 2.75) is 33.2 Å². The number of aryl methyl sites for hydroxylation is 3. The summed E-state index contributed by atoms with van der Waals surface area (Å²) in [7, 11) is 0. The highest BCUT2D eigenvalue weighted by Crippen LogP contribution is 2.14. The van der Waals surface area contributed by atoms with E-state index in [2.05, 4.69) is 25.2 Å². The third kappa shape index (κ3) is 3.13. The van der Waals surface area contributed by atoms with Gasteiger partial charge in [0.15, 0.2) is 0 Å². The van der Waals surface area contributed by atoms with Crippen molar-refractivity contribution in [3.8, 4) is 0 Å². The molecule has 2 aromatic rings. The molecule has 6 nitrogen and oxygen atoms in total. The van der Waals surface area contributed by atoms with Crippen molar-refractivity contribution in [2.24, 2.45) is 0 Å². The van der Waals surface area contributed by atoms with Crippen LogP contribution in [0.25, 0.3) is 0 Å². The van der Waals surface area contributed by atoms with Gasteiger partial charge in [0, 0.05) is 11.3 Å². The Morgan fingerprint density at radius 3 is 2.83 bits per heavy atom. The Bertz CT molecular complexity index is 488. The fourth-order valence-corrected chi connectivity index (χ4v) is 2.25. The molecule has 0 aliphatic heterocycles. The van der Waals surface area contributed by atoms with Crippen LogP contribution in [0.5, 0.6) is 0 Å². The van der Waals surface area contributed by atoms with Gasteiger partial charge in [-0.15, -0.1) is 11.3 Å². The van der Waals surface area contributed by atoms with E-state index in [1.54, 1.807) is 23.8 Å². The van der Waals surface area contributed by atoms with Crippen molar-refractivity contribution in [2.75, 3.05) is 0 Å². The summed E-state index contributed by atoms with van der Waals surface area (Å²) in [5.74, 6) is -0.00907. The zero-order chi connectivity index (χ0) is 13.0. The summed E-state index contributed by atoms with van der Waals surface area (Å²) in [6.07, 6.45) is 1.17. The standard InChI is InChI=1S/C11H14N4O2S/c1-7-9(15-17-14-7)5-12-11(16)4-3-10-8(2)13-6-18-10/h6H,3-5H2,1-2H3,(H,12,16). The first-order valence-corrected chi connectivity index (χ1v) is 6.48. The monoisotopic (exact) mass is 266 g/mol. The highest BCUT2D eigenvalue weighted by Gasteiger charge is 2.09. The third-order valence-electron chi connectivity index (χ3n) is 2.62. The van der Waals surface area contributed by atoms with Crippen LogP contribution in [0, 0.1) is 13.8 Å². The van der Waals surface area contributed by atoms with E-state index >= 15 is 0 Å². The average molecular weight is 266 g/mol. The second kappa shape index (κ2) is 5.72. The molecule has 2 rings (SSSR count). The van der Waals surface area contributed by atoms with E-state index in [1.807, 2.05) is 6.92 Å². The second-order valence-corrected chi connectivity index (χ2v) is 4.87. The summed E-state index contributed by atoms with van der Waals surface area (Å²) < 4.78 is 4.55. The number of amides is 1. The van der Waals surface area contributed by atoms with E-state index in [0.29, 0.717) is 24.4 Å². The molecular weight excluding hydrogens is 252 g/mol. The van der Waals surface area contributed by atoms with Gasteiger partial charge in [-0.25, -0.2) is 9.61 Å². The Morgan fingerprint density at radius 2 is 2.22 bits per heavy atom. The molecule has 2 heterocycles. The van der Waals surface area contributed by atoms with Crippen LogP contribution in [-0.4, -0.2) is 21.2 Å². The molecule has 0 saturated carbocycles. The van der Waals surface area contributed by atoms with Crippen LogP contribution < -0.4 is 5.32 Å². The number of carbonyl (C=O) groups is 1. The molecule has 7 heteroatoms. The molecule has 0 saturated heterocycles. The molecule has 0 unspecified atom stereocenters. The van der Waals surface area contributed by atoms with Gasteiger partial charge in [0.1, 0.15) is 11.4 Å². The van der Waals surface area contributed by atoms with Gasteiger partial charge in [-0.2, -0.15) is 0 Å². The lowest BCUT2D eigenvalue weighted by molar-refractivity contribution is -0.121. The van der Waals surface area contributed by atoms with Crippen LogP contribution in [0.3, 0.4) is 0 Å². The first kappa shape index (κ1) is 12.7. The largest absolute Gasteiger partial charge is 0.350 e.